The van der Waals surface area contributed by atoms with Crippen LogP contribution in [-0.2, 0) is 9.53 Å². The van der Waals surface area contributed by atoms with E-state index in [1.807, 2.05) is 13.0 Å². The van der Waals surface area contributed by atoms with Gasteiger partial charge in [-0.15, -0.1) is 0 Å². The minimum absolute atomic E-state index is 0.257. The summed E-state index contributed by atoms with van der Waals surface area (Å²) >= 11 is 0. The lowest BCUT2D eigenvalue weighted by atomic mass is 10.2. The van der Waals surface area contributed by atoms with Crippen LogP contribution in [0, 0.1) is 11.8 Å². The molecule has 0 radical (unpaired) electrons. The van der Waals surface area contributed by atoms with Crippen molar-refractivity contribution in [3.8, 4) is 11.8 Å². The van der Waals surface area contributed by atoms with Crippen molar-refractivity contribution in [3.05, 3.63) is 11.6 Å². The molecule has 3 heteroatoms. The van der Waals surface area contributed by atoms with E-state index in [0.29, 0.717) is 6.61 Å². The molecule has 0 amide bonds. The van der Waals surface area contributed by atoms with Crippen molar-refractivity contribution < 1.29 is 9.53 Å². The summed E-state index contributed by atoms with van der Waals surface area (Å²) in [5.41, 5.74) is 0.956. The van der Waals surface area contributed by atoms with E-state index in [0.717, 1.165) is 25.2 Å². The van der Waals surface area contributed by atoms with E-state index in [1.54, 1.807) is 0 Å². The third-order valence-corrected chi connectivity index (χ3v) is 2.92. The minimum atomic E-state index is -0.257. The molecule has 0 N–H and O–H groups in total. The van der Waals surface area contributed by atoms with Gasteiger partial charge in [0, 0.05) is 6.92 Å². The topological polar surface area (TPSA) is 29.5 Å². The third kappa shape index (κ3) is 11.8. The van der Waals surface area contributed by atoms with E-state index in [4.69, 9.17) is 4.74 Å². The van der Waals surface area contributed by atoms with Gasteiger partial charge in [-0.1, -0.05) is 38.5 Å². The summed E-state index contributed by atoms with van der Waals surface area (Å²) in [7, 11) is 0. The molecule has 114 valence electrons. The Kier molecular flexibility index (Phi) is 11.9. The highest BCUT2D eigenvalue weighted by Gasteiger charge is 2.00. The van der Waals surface area contributed by atoms with Gasteiger partial charge in [0.2, 0.25) is 0 Å². The summed E-state index contributed by atoms with van der Waals surface area (Å²) in [6, 6.07) is 0. The number of nitrogens with zero attached hydrogens (tertiary/aromatic N) is 1. The first kappa shape index (κ1) is 18.7. The molecule has 0 aromatic carbocycles. The number of allylic oxidation sites excluding steroid dienone is 1. The van der Waals surface area contributed by atoms with Gasteiger partial charge in [0.05, 0.1) is 6.54 Å². The predicted octanol–water partition coefficient (Wildman–Crippen LogP) is 3.40. The minimum Gasteiger partial charge on any atom is -0.462 e. The largest absolute Gasteiger partial charge is 0.462 e. The lowest BCUT2D eigenvalue weighted by Gasteiger charge is -2.18. The van der Waals surface area contributed by atoms with E-state index in [2.05, 4.69) is 30.6 Å². The van der Waals surface area contributed by atoms with Gasteiger partial charge in [-0.05, 0) is 44.5 Å². The Morgan fingerprint density at radius 2 is 1.75 bits per heavy atom. The molecule has 0 saturated heterocycles. The van der Waals surface area contributed by atoms with Crippen LogP contribution in [0.5, 0.6) is 0 Å². The van der Waals surface area contributed by atoms with Crippen LogP contribution in [0.15, 0.2) is 11.6 Å². The van der Waals surface area contributed by atoms with Crippen LogP contribution < -0.4 is 0 Å². The first-order valence-corrected chi connectivity index (χ1v) is 7.61. The molecule has 0 heterocycles. The number of rotatable bonds is 9. The van der Waals surface area contributed by atoms with Gasteiger partial charge < -0.3 is 4.74 Å². The quantitative estimate of drug-likeness (QED) is 0.478. The van der Waals surface area contributed by atoms with Crippen molar-refractivity contribution in [1.82, 2.24) is 4.90 Å². The third-order valence-electron chi connectivity index (χ3n) is 2.92. The lowest BCUT2D eigenvalue weighted by Crippen LogP contribution is -2.26. The van der Waals surface area contributed by atoms with Crippen molar-refractivity contribution in [3.63, 3.8) is 0 Å². The van der Waals surface area contributed by atoms with E-state index in [-0.39, 0.29) is 5.97 Å². The Morgan fingerprint density at radius 3 is 2.25 bits per heavy atom. The van der Waals surface area contributed by atoms with Gasteiger partial charge in [-0.3, -0.25) is 9.69 Å². The summed E-state index contributed by atoms with van der Waals surface area (Å²) < 4.78 is 4.85. The maximum Gasteiger partial charge on any atom is 0.302 e. The van der Waals surface area contributed by atoms with Crippen molar-refractivity contribution in [2.45, 2.75) is 53.4 Å². The number of carbonyl (C=O) groups excluding carboxylic acids is 1. The predicted molar refractivity (Wildman–Crippen MR) is 84.4 cm³/mol. The van der Waals surface area contributed by atoms with Crippen molar-refractivity contribution in [2.24, 2.45) is 0 Å². The van der Waals surface area contributed by atoms with Crippen LogP contribution in [0.1, 0.15) is 53.4 Å². The molecule has 0 spiro atoms. The summed E-state index contributed by atoms with van der Waals surface area (Å²) in [6.07, 6.45) is 6.74. The Balaban J connectivity index is 4.16. The SMILES string of the molecule is CCCCN(CC#C/C(C)=C/COC(C)=O)CCCC. The molecular weight excluding hydrogens is 250 g/mol. The molecule has 0 fully saturated rings. The van der Waals surface area contributed by atoms with Gasteiger partial charge in [-0.2, -0.15) is 0 Å². The highest BCUT2D eigenvalue weighted by atomic mass is 16.5. The Hall–Kier alpha value is -1.27. The number of hydrogen-bond acceptors (Lipinski definition) is 3. The van der Waals surface area contributed by atoms with Crippen molar-refractivity contribution in [1.29, 1.82) is 0 Å². The zero-order chi connectivity index (χ0) is 15.2. The molecule has 0 aliphatic rings. The average Bonchev–Trinajstić information content (AvgIpc) is 2.40. The summed E-state index contributed by atoms with van der Waals surface area (Å²) in [4.78, 5) is 13.1. The second-order valence-electron chi connectivity index (χ2n) is 4.97. The van der Waals surface area contributed by atoms with E-state index >= 15 is 0 Å². The molecule has 0 bridgehead atoms. The molecule has 0 atom stereocenters. The molecule has 0 aromatic rings. The van der Waals surface area contributed by atoms with Gasteiger partial charge >= 0.3 is 5.97 Å². The maximum atomic E-state index is 10.6. The number of esters is 1. The van der Waals surface area contributed by atoms with Crippen LogP contribution in [0.3, 0.4) is 0 Å². The fourth-order valence-corrected chi connectivity index (χ4v) is 1.66. The number of ether oxygens (including phenoxy) is 1. The molecule has 3 nitrogen and oxygen atoms in total. The molecule has 0 aliphatic carbocycles. The van der Waals surface area contributed by atoms with Crippen LogP contribution in [0.25, 0.3) is 0 Å². The van der Waals surface area contributed by atoms with Crippen LogP contribution >= 0.6 is 0 Å². The van der Waals surface area contributed by atoms with Crippen LogP contribution in [-0.4, -0.2) is 37.1 Å². The second-order valence-corrected chi connectivity index (χ2v) is 4.97. The number of carbonyl (C=O) groups is 1. The molecule has 20 heavy (non-hydrogen) atoms. The maximum absolute atomic E-state index is 10.6. The molecule has 0 aromatic heterocycles. The summed E-state index contributed by atoms with van der Waals surface area (Å²) in [5, 5.41) is 0. The van der Waals surface area contributed by atoms with Gasteiger partial charge in [0.15, 0.2) is 0 Å². The van der Waals surface area contributed by atoms with Gasteiger partial charge in [0.1, 0.15) is 6.61 Å². The fourth-order valence-electron chi connectivity index (χ4n) is 1.66. The zero-order valence-corrected chi connectivity index (χ0v) is 13.5. The monoisotopic (exact) mass is 279 g/mol. The summed E-state index contributed by atoms with van der Waals surface area (Å²) in [5.74, 6) is 6.07. The van der Waals surface area contributed by atoms with E-state index in [1.165, 1.54) is 32.6 Å². The highest BCUT2D eigenvalue weighted by molar-refractivity contribution is 5.66. The molecule has 0 rings (SSSR count). The first-order chi connectivity index (χ1) is 9.60. The smallest absolute Gasteiger partial charge is 0.302 e. The Morgan fingerprint density at radius 1 is 1.15 bits per heavy atom. The zero-order valence-electron chi connectivity index (χ0n) is 13.5. The van der Waals surface area contributed by atoms with E-state index < -0.39 is 0 Å². The van der Waals surface area contributed by atoms with Crippen LogP contribution in [0.4, 0.5) is 0 Å². The second kappa shape index (κ2) is 12.7. The number of unbranched alkanes of at least 4 members (excludes halogenated alkanes) is 2. The molecule has 0 aliphatic heterocycles. The Bertz CT molecular complexity index is 342. The van der Waals surface area contributed by atoms with Gasteiger partial charge in [0.25, 0.3) is 0 Å². The molecule has 0 saturated carbocycles. The standard InChI is InChI=1S/C17H29NO2/c1-5-7-12-18(13-8-6-2)14-9-10-16(3)11-15-20-17(4)19/h11H,5-8,12-15H2,1-4H3/b16-11+. The highest BCUT2D eigenvalue weighted by Crippen LogP contribution is 1.98. The normalized spacial score (nSPS) is 11.2. The summed E-state index contributed by atoms with van der Waals surface area (Å²) in [6.45, 7) is 11.2. The molecular formula is C17H29NO2. The fraction of sp³-hybridized carbons (Fsp3) is 0.706. The lowest BCUT2D eigenvalue weighted by molar-refractivity contribution is -0.139. The number of hydrogen-bond donors (Lipinski definition) is 0. The Labute approximate surface area is 124 Å². The van der Waals surface area contributed by atoms with Crippen LogP contribution in [0.2, 0.25) is 0 Å². The average molecular weight is 279 g/mol. The van der Waals surface area contributed by atoms with E-state index in [9.17, 15) is 4.79 Å². The first-order valence-electron chi connectivity index (χ1n) is 7.61. The molecule has 0 unspecified atom stereocenters. The van der Waals surface area contributed by atoms with Crippen molar-refractivity contribution in [2.75, 3.05) is 26.2 Å². The van der Waals surface area contributed by atoms with Gasteiger partial charge in [-0.25, -0.2) is 0 Å². The van der Waals surface area contributed by atoms with Crippen molar-refractivity contribution >= 4 is 5.97 Å².